The van der Waals surface area contributed by atoms with E-state index in [1.807, 2.05) is 18.2 Å². The predicted molar refractivity (Wildman–Crippen MR) is 107 cm³/mol. The quantitative estimate of drug-likeness (QED) is 0.523. The molecule has 0 spiro atoms. The van der Waals surface area contributed by atoms with Gasteiger partial charge in [-0.1, -0.05) is 45.7 Å². The Labute approximate surface area is 165 Å². The van der Waals surface area contributed by atoms with Crippen molar-refractivity contribution in [3.63, 3.8) is 0 Å². The zero-order chi connectivity index (χ0) is 19.1. The predicted octanol–water partition coefficient (Wildman–Crippen LogP) is 5.92. The van der Waals surface area contributed by atoms with Gasteiger partial charge in [0.05, 0.1) is 11.3 Å². The number of carbonyl (C=O) groups excluding carboxylic acids is 2. The molecule has 0 N–H and O–H groups in total. The summed E-state index contributed by atoms with van der Waals surface area (Å²) in [4.78, 5) is 26.7. The summed E-state index contributed by atoms with van der Waals surface area (Å²) in [5.41, 5.74) is 1.65. The zero-order valence-electron chi connectivity index (χ0n) is 14.5. The number of imide groups is 1. The minimum atomic E-state index is -0.705. The van der Waals surface area contributed by atoms with Gasteiger partial charge in [0.25, 0.3) is 5.91 Å². The number of carbonyl (C=O) groups is 2. The Bertz CT molecular complexity index is 931. The van der Waals surface area contributed by atoms with Gasteiger partial charge >= 0.3 is 6.09 Å². The third-order valence-electron chi connectivity index (χ3n) is 3.66. The number of hydrogen-bond donors (Lipinski definition) is 0. The van der Waals surface area contributed by atoms with E-state index in [2.05, 4.69) is 15.9 Å². The molecule has 0 saturated carbocycles. The Kier molecular flexibility index (Phi) is 4.95. The second-order valence-corrected chi connectivity index (χ2v) is 8.25. The highest BCUT2D eigenvalue weighted by Gasteiger charge is 2.39. The summed E-state index contributed by atoms with van der Waals surface area (Å²) in [7, 11) is 0. The van der Waals surface area contributed by atoms with Crippen molar-refractivity contribution in [2.75, 3.05) is 4.90 Å². The molecule has 4 nitrogen and oxygen atoms in total. The van der Waals surface area contributed by atoms with Gasteiger partial charge in [0.2, 0.25) is 0 Å². The van der Waals surface area contributed by atoms with Crippen molar-refractivity contribution in [3.05, 3.63) is 63.1 Å². The highest BCUT2D eigenvalue weighted by Crippen LogP contribution is 2.40. The van der Waals surface area contributed by atoms with Crippen molar-refractivity contribution in [1.29, 1.82) is 0 Å². The highest BCUT2D eigenvalue weighted by molar-refractivity contribution is 9.10. The molecule has 3 rings (SSSR count). The lowest BCUT2D eigenvalue weighted by atomic mass is 10.0. The van der Waals surface area contributed by atoms with Gasteiger partial charge in [0.1, 0.15) is 5.60 Å². The van der Waals surface area contributed by atoms with Crippen LogP contribution in [0.3, 0.4) is 0 Å². The Hall–Kier alpha value is -2.11. The largest absolute Gasteiger partial charge is 0.443 e. The van der Waals surface area contributed by atoms with E-state index in [4.69, 9.17) is 16.3 Å². The van der Waals surface area contributed by atoms with Gasteiger partial charge in [-0.05, 0) is 56.7 Å². The average Bonchev–Trinajstić information content (AvgIpc) is 2.77. The van der Waals surface area contributed by atoms with E-state index >= 15 is 0 Å². The van der Waals surface area contributed by atoms with Gasteiger partial charge in [0, 0.05) is 15.1 Å². The van der Waals surface area contributed by atoms with Crippen molar-refractivity contribution in [2.24, 2.45) is 0 Å². The van der Waals surface area contributed by atoms with Gasteiger partial charge in [-0.15, -0.1) is 0 Å². The fraction of sp³-hybridized carbons (Fsp3) is 0.200. The van der Waals surface area contributed by atoms with Crippen molar-refractivity contribution in [1.82, 2.24) is 0 Å². The van der Waals surface area contributed by atoms with E-state index in [0.29, 0.717) is 21.8 Å². The minimum absolute atomic E-state index is 0.417. The number of anilines is 1. The number of nitrogens with zero attached hydrogens (tertiary/aromatic N) is 1. The summed E-state index contributed by atoms with van der Waals surface area (Å²) in [6, 6.07) is 12.5. The monoisotopic (exact) mass is 433 g/mol. The molecule has 26 heavy (non-hydrogen) atoms. The zero-order valence-corrected chi connectivity index (χ0v) is 16.9. The molecule has 0 bridgehead atoms. The number of benzene rings is 2. The van der Waals surface area contributed by atoms with Crippen LogP contribution in [0.2, 0.25) is 5.02 Å². The van der Waals surface area contributed by atoms with E-state index in [1.165, 1.54) is 0 Å². The van der Waals surface area contributed by atoms with Crippen LogP contribution in [0.15, 0.2) is 46.9 Å². The number of hydrogen-bond acceptors (Lipinski definition) is 3. The second kappa shape index (κ2) is 6.89. The van der Waals surface area contributed by atoms with Crippen LogP contribution in [-0.2, 0) is 9.53 Å². The summed E-state index contributed by atoms with van der Waals surface area (Å²) in [5, 5.41) is 0.574. The molecule has 2 amide bonds. The first-order valence-corrected chi connectivity index (χ1v) is 9.17. The lowest BCUT2D eigenvalue weighted by molar-refractivity contribution is -0.112. The lowest BCUT2D eigenvalue weighted by Gasteiger charge is -2.23. The first-order valence-electron chi connectivity index (χ1n) is 8.00. The Morgan fingerprint density at radius 1 is 1.19 bits per heavy atom. The molecule has 6 heteroatoms. The van der Waals surface area contributed by atoms with E-state index in [0.717, 1.165) is 14.9 Å². The fourth-order valence-corrected chi connectivity index (χ4v) is 3.20. The summed E-state index contributed by atoms with van der Waals surface area (Å²) >= 11 is 9.43. The summed E-state index contributed by atoms with van der Waals surface area (Å²) in [5.74, 6) is -0.424. The molecular weight excluding hydrogens is 418 g/mol. The molecule has 2 aromatic rings. The highest BCUT2D eigenvalue weighted by atomic mass is 79.9. The minimum Gasteiger partial charge on any atom is -0.443 e. The number of rotatable bonds is 1. The van der Waals surface area contributed by atoms with Crippen molar-refractivity contribution in [2.45, 2.75) is 26.4 Å². The number of amides is 2. The van der Waals surface area contributed by atoms with Crippen LogP contribution in [0.25, 0.3) is 11.6 Å². The second-order valence-electron chi connectivity index (χ2n) is 6.90. The molecule has 2 aromatic carbocycles. The number of ether oxygens (including phenoxy) is 1. The van der Waals surface area contributed by atoms with E-state index < -0.39 is 17.6 Å². The third-order valence-corrected chi connectivity index (χ3v) is 4.39. The van der Waals surface area contributed by atoms with Gasteiger partial charge in [-0.2, -0.15) is 0 Å². The van der Waals surface area contributed by atoms with Crippen LogP contribution in [0.4, 0.5) is 10.5 Å². The van der Waals surface area contributed by atoms with Gasteiger partial charge in [-0.3, -0.25) is 4.79 Å². The molecular formula is C20H17BrClNO3. The molecule has 0 fully saturated rings. The lowest BCUT2D eigenvalue weighted by Crippen LogP contribution is -2.38. The maximum absolute atomic E-state index is 13.0. The van der Waals surface area contributed by atoms with Crippen LogP contribution in [-0.4, -0.2) is 17.6 Å². The molecule has 0 aromatic heterocycles. The summed E-state index contributed by atoms with van der Waals surface area (Å²) < 4.78 is 6.17. The Balaban J connectivity index is 2.09. The Morgan fingerprint density at radius 2 is 1.92 bits per heavy atom. The topological polar surface area (TPSA) is 46.6 Å². The van der Waals surface area contributed by atoms with Gasteiger partial charge in [-0.25, -0.2) is 9.69 Å². The molecule has 0 aliphatic carbocycles. The van der Waals surface area contributed by atoms with Crippen molar-refractivity contribution < 1.29 is 14.3 Å². The van der Waals surface area contributed by atoms with Gasteiger partial charge < -0.3 is 4.74 Å². The molecule has 1 heterocycles. The number of halogens is 2. The van der Waals surface area contributed by atoms with Crippen LogP contribution in [0, 0.1) is 0 Å². The SMILES string of the molecule is CC(C)(C)OC(=O)N1C(=O)/C(=C/c2cccc(Cl)c2)c2ccc(Br)cc21. The molecule has 0 radical (unpaired) electrons. The fourth-order valence-electron chi connectivity index (χ4n) is 2.65. The van der Waals surface area contributed by atoms with Crippen LogP contribution in [0.1, 0.15) is 31.9 Å². The summed E-state index contributed by atoms with van der Waals surface area (Å²) in [6.07, 6.45) is 1.03. The van der Waals surface area contributed by atoms with E-state index in [1.54, 1.807) is 51.1 Å². The molecule has 0 unspecified atom stereocenters. The maximum Gasteiger partial charge on any atom is 0.422 e. The van der Waals surface area contributed by atoms with Crippen molar-refractivity contribution >= 4 is 56.9 Å². The smallest absolute Gasteiger partial charge is 0.422 e. The van der Waals surface area contributed by atoms with Crippen LogP contribution >= 0.6 is 27.5 Å². The maximum atomic E-state index is 13.0. The molecule has 134 valence electrons. The van der Waals surface area contributed by atoms with Gasteiger partial charge in [0.15, 0.2) is 0 Å². The number of fused-ring (bicyclic) bond motifs is 1. The molecule has 0 atom stereocenters. The average molecular weight is 435 g/mol. The van der Waals surface area contributed by atoms with E-state index in [-0.39, 0.29) is 0 Å². The first-order chi connectivity index (χ1) is 12.2. The molecule has 1 aliphatic rings. The third kappa shape index (κ3) is 3.84. The van der Waals surface area contributed by atoms with E-state index in [9.17, 15) is 9.59 Å². The first kappa shape index (κ1) is 18.7. The van der Waals surface area contributed by atoms with Crippen LogP contribution < -0.4 is 4.90 Å². The standard InChI is InChI=1S/C20H17BrClNO3/c1-20(2,3)26-19(25)23-17-11-13(21)7-8-15(17)16(18(23)24)10-12-5-4-6-14(22)9-12/h4-11H,1-3H3/b16-10+. The molecule has 0 saturated heterocycles. The van der Waals surface area contributed by atoms with Crippen LogP contribution in [0.5, 0.6) is 0 Å². The normalized spacial score (nSPS) is 15.3. The molecule has 1 aliphatic heterocycles. The summed E-state index contributed by atoms with van der Waals surface area (Å²) in [6.45, 7) is 5.28. The Morgan fingerprint density at radius 3 is 2.58 bits per heavy atom. The van der Waals surface area contributed by atoms with Crippen molar-refractivity contribution in [3.8, 4) is 0 Å².